The number of methoxy groups -OCH3 is 2. The molecule has 0 unspecified atom stereocenters. The Morgan fingerprint density at radius 2 is 1.47 bits per heavy atom. The van der Waals surface area contributed by atoms with E-state index in [1.54, 1.807) is 43.9 Å². The molecule has 0 saturated carbocycles. The number of imidazole rings is 1. The van der Waals surface area contributed by atoms with Crippen LogP contribution in [0.25, 0.3) is 4.83 Å². The molecule has 3 aromatic heterocycles. The molecule has 0 radical (unpaired) electrons. The van der Waals surface area contributed by atoms with Gasteiger partial charge in [-0.15, -0.1) is 11.3 Å². The maximum Gasteiger partial charge on any atom is 0.356 e. The highest BCUT2D eigenvalue weighted by molar-refractivity contribution is 7.96. The average molecular weight is 917 g/mol. The Balaban J connectivity index is 1.44. The number of amides is 1. The maximum atomic E-state index is 15.5. The predicted molar refractivity (Wildman–Crippen MR) is 260 cm³/mol. The number of hydrogen-bond acceptors (Lipinski definition) is 10. The molecule has 6 aromatic rings. The number of β-lactam (4-membered cyclic amide) rings is 1. The van der Waals surface area contributed by atoms with Gasteiger partial charge >= 0.3 is 5.97 Å². The molecule has 1 aliphatic heterocycles. The summed E-state index contributed by atoms with van der Waals surface area (Å²) in [4.78, 5) is 57.9. The van der Waals surface area contributed by atoms with Crippen LogP contribution in [-0.2, 0) is 25.2 Å². The lowest BCUT2D eigenvalue weighted by Gasteiger charge is -2.54. The fourth-order valence-corrected chi connectivity index (χ4v) is 15.4. The summed E-state index contributed by atoms with van der Waals surface area (Å²) >= 11 is 1.33. The molecule has 4 atom stereocenters. The Morgan fingerprint density at radius 1 is 0.891 bits per heavy atom. The molecular weight excluding hydrogens is 860 g/mol. The molecule has 3 aromatic carbocycles. The summed E-state index contributed by atoms with van der Waals surface area (Å²) in [5, 5.41) is 2.41. The number of carbonyl (C=O) groups excluding carboxylic acids is 3. The van der Waals surface area contributed by atoms with Crippen molar-refractivity contribution in [1.82, 2.24) is 19.3 Å². The van der Waals surface area contributed by atoms with E-state index in [4.69, 9.17) is 23.6 Å². The Morgan fingerprint density at radius 3 is 1.98 bits per heavy atom. The first-order valence-corrected chi connectivity index (χ1v) is 26.9. The number of thiazole rings is 1. The number of carbonyl (C=O) groups is 3. The fourth-order valence-electron chi connectivity index (χ4n) is 8.49. The van der Waals surface area contributed by atoms with Crippen LogP contribution in [-0.4, -0.2) is 83.6 Å². The van der Waals surface area contributed by atoms with E-state index in [0.717, 1.165) is 32.0 Å². The van der Waals surface area contributed by atoms with Crippen LogP contribution < -0.4 is 25.4 Å². The van der Waals surface area contributed by atoms with Crippen LogP contribution in [0.3, 0.4) is 0 Å². The van der Waals surface area contributed by atoms with Crippen LogP contribution >= 0.6 is 18.2 Å². The highest BCUT2D eigenvalue weighted by Gasteiger charge is 2.59. The fraction of sp³-hybridized carbons (Fsp3) is 0.320. The molecule has 334 valence electrons. The molecule has 0 spiro atoms. The third-order valence-electron chi connectivity index (χ3n) is 12.7. The summed E-state index contributed by atoms with van der Waals surface area (Å²) in [6, 6.07) is 30.6. The van der Waals surface area contributed by atoms with Crippen LogP contribution in [0, 0.1) is 11.8 Å². The van der Waals surface area contributed by atoms with Crippen molar-refractivity contribution in [2.45, 2.75) is 71.3 Å². The molecule has 7 rings (SSSR count). The van der Waals surface area contributed by atoms with Gasteiger partial charge in [0.25, 0.3) is 0 Å². The molecule has 0 bridgehead atoms. The van der Waals surface area contributed by atoms with Crippen molar-refractivity contribution in [2.75, 3.05) is 20.8 Å². The molecule has 11 nitrogen and oxygen atoms in total. The van der Waals surface area contributed by atoms with Crippen LogP contribution in [0.2, 0.25) is 18.1 Å². The van der Waals surface area contributed by atoms with Gasteiger partial charge in [-0.3, -0.25) is 14.0 Å². The molecule has 14 heteroatoms. The van der Waals surface area contributed by atoms with E-state index in [-0.39, 0.29) is 28.8 Å². The minimum Gasteiger partial charge on any atom is -0.496 e. The number of fused-ring (bicyclic) bond motifs is 1. The Hall–Kier alpha value is -5.59. The van der Waals surface area contributed by atoms with Crippen LogP contribution in [0.4, 0.5) is 0 Å². The third-order valence-corrected chi connectivity index (χ3v) is 22.6. The van der Waals surface area contributed by atoms with E-state index in [9.17, 15) is 0 Å². The van der Waals surface area contributed by atoms with Crippen molar-refractivity contribution in [3.8, 4) is 11.6 Å². The monoisotopic (exact) mass is 916 g/mol. The molecule has 4 heterocycles. The lowest BCUT2D eigenvalue weighted by atomic mass is 9.75. The lowest BCUT2D eigenvalue weighted by Crippen LogP contribution is -2.71. The number of rotatable bonds is 17. The number of benzene rings is 3. The van der Waals surface area contributed by atoms with Gasteiger partial charge in [-0.05, 0) is 47.0 Å². The Kier molecular flexibility index (Phi) is 13.7. The molecule has 0 aliphatic carbocycles. The second-order valence-electron chi connectivity index (χ2n) is 17.5. The van der Waals surface area contributed by atoms with E-state index in [1.165, 1.54) is 17.4 Å². The first-order valence-electron chi connectivity index (χ1n) is 21.4. The predicted octanol–water partition coefficient (Wildman–Crippen LogP) is 8.31. The van der Waals surface area contributed by atoms with Crippen LogP contribution in [0.15, 0.2) is 128 Å². The van der Waals surface area contributed by atoms with E-state index in [2.05, 4.69) is 45.4 Å². The quantitative estimate of drug-likeness (QED) is 0.0222. The second-order valence-corrected chi connectivity index (χ2v) is 26.6. The Bertz CT molecular complexity index is 2590. The number of ether oxygens (including phenoxy) is 3. The summed E-state index contributed by atoms with van der Waals surface area (Å²) in [6.45, 7) is 15.1. The number of esters is 1. The number of nitrogens with zero attached hydrogens (tertiary/aromatic N) is 4. The van der Waals surface area contributed by atoms with Crippen molar-refractivity contribution in [2.24, 2.45) is 11.8 Å². The van der Waals surface area contributed by atoms with Crippen LogP contribution in [0.5, 0.6) is 11.6 Å². The van der Waals surface area contributed by atoms with E-state index >= 15 is 14.4 Å². The third kappa shape index (κ3) is 8.42. The van der Waals surface area contributed by atoms with Crippen LogP contribution in [0.1, 0.15) is 55.5 Å². The zero-order valence-corrected chi connectivity index (χ0v) is 40.7. The van der Waals surface area contributed by atoms with Gasteiger partial charge in [-0.2, -0.15) is 0 Å². The first-order chi connectivity index (χ1) is 30.6. The molecule has 0 N–H and O–H groups in total. The van der Waals surface area contributed by atoms with E-state index in [0.29, 0.717) is 22.9 Å². The Labute approximate surface area is 381 Å². The number of hydrogen-bond donors (Lipinski definition) is 0. The summed E-state index contributed by atoms with van der Waals surface area (Å²) < 4.78 is 26.1. The normalized spacial score (nSPS) is 16.5. The SMILES string of the molecule is C=CCOC(=O)C(N1C(=O)[C@H]([C@@H](C)O[Si](C)(C)C(C)(C)C)[C@H]1[C@@H](C)C(=O)c1cn2cnc(Cc3c(OC)ccnc3OC)c2s1)=P(c1ccccc1)(c1ccccc1)c1ccccc1. The molecular formula is C50H57N4O7PSSi. The van der Waals surface area contributed by atoms with Gasteiger partial charge in [0.15, 0.2) is 14.1 Å². The van der Waals surface area contributed by atoms with E-state index in [1.807, 2.05) is 109 Å². The number of aromatic nitrogens is 3. The van der Waals surface area contributed by atoms with Gasteiger partial charge in [0, 0.05) is 31.6 Å². The van der Waals surface area contributed by atoms with Crippen molar-refractivity contribution in [3.05, 3.63) is 145 Å². The number of pyridine rings is 1. The molecule has 1 aliphatic rings. The average Bonchev–Trinajstić information content (AvgIpc) is 3.89. The standard InChI is InChI=1S/C50H57N4O7PSSi/c1-11-29-60-49(57)47(62(35-21-15-12-16-22-35,36-23-17-13-18-24-36)37-25-19-14-20-26-37)54-43(42(46(54)56)34(3)61-64(9,10)50(4,5)6)33(2)44(55)41-31-53-32-52-39(48(53)63-41)30-38-40(58-7)27-28-51-45(38)59-8/h11-28,31-34,42-43H,1,29-30H2,2-10H3/t33-,34-,42-,43-/m1/s1. The lowest BCUT2D eigenvalue weighted by molar-refractivity contribution is -0.158. The van der Waals surface area contributed by atoms with Gasteiger partial charge in [-0.25, -0.2) is 14.8 Å². The number of Topliss-reactive ketones (excluding diaryl/α,β-unsaturated/α-hetero) is 1. The zero-order valence-electron chi connectivity index (χ0n) is 38.0. The minimum atomic E-state index is -3.26. The van der Waals surface area contributed by atoms with Crippen molar-refractivity contribution in [3.63, 3.8) is 0 Å². The summed E-state index contributed by atoms with van der Waals surface area (Å²) in [5.41, 5.74) is 1.66. The maximum absolute atomic E-state index is 15.5. The summed E-state index contributed by atoms with van der Waals surface area (Å²) in [5.74, 6) is -1.63. The smallest absolute Gasteiger partial charge is 0.356 e. The highest BCUT2D eigenvalue weighted by Crippen LogP contribution is 2.51. The topological polar surface area (TPSA) is 122 Å². The van der Waals surface area contributed by atoms with Gasteiger partial charge in [0.1, 0.15) is 28.9 Å². The minimum absolute atomic E-state index is 0.0780. The molecule has 1 amide bonds. The molecule has 64 heavy (non-hydrogen) atoms. The summed E-state index contributed by atoms with van der Waals surface area (Å²) in [7, 11) is 0.720. The van der Waals surface area contributed by atoms with E-state index < -0.39 is 45.2 Å². The summed E-state index contributed by atoms with van der Waals surface area (Å²) in [6.07, 6.45) is 6.40. The number of ketones is 1. The first kappa shape index (κ1) is 46.4. The molecule has 1 saturated heterocycles. The van der Waals surface area contributed by atoms with Crippen molar-refractivity contribution in [1.29, 1.82) is 0 Å². The zero-order chi connectivity index (χ0) is 46.0. The number of likely N-dealkylation sites (tertiary alicyclic amines) is 1. The van der Waals surface area contributed by atoms with Crippen molar-refractivity contribution < 1.29 is 33.0 Å². The van der Waals surface area contributed by atoms with Gasteiger partial charge in [0.2, 0.25) is 11.8 Å². The largest absolute Gasteiger partial charge is 0.496 e. The molecule has 1 fully saturated rings. The van der Waals surface area contributed by atoms with Crippen molar-refractivity contribution >= 4 is 70.4 Å². The van der Waals surface area contributed by atoms with Gasteiger partial charge in [0.05, 0.1) is 48.4 Å². The van der Waals surface area contributed by atoms with Gasteiger partial charge < -0.3 is 23.5 Å². The van der Waals surface area contributed by atoms with Gasteiger partial charge in [-0.1, -0.05) is 131 Å². The second kappa shape index (κ2) is 18.9. The highest BCUT2D eigenvalue weighted by atomic mass is 32.1.